The Morgan fingerprint density at radius 3 is 2.40 bits per heavy atom. The summed E-state index contributed by atoms with van der Waals surface area (Å²) < 4.78 is 1.94. The summed E-state index contributed by atoms with van der Waals surface area (Å²) in [7, 11) is 5.96. The van der Waals surface area contributed by atoms with Gasteiger partial charge in [0, 0.05) is 77.0 Å². The maximum Gasteiger partial charge on any atom is 0.190 e. The number of hydrogen-bond acceptors (Lipinski definition) is 12. The van der Waals surface area contributed by atoms with Crippen LogP contribution in [0.5, 0.6) is 0 Å². The Morgan fingerprint density at radius 1 is 0.904 bits per heavy atom. The van der Waals surface area contributed by atoms with Gasteiger partial charge in [0.25, 0.3) is 0 Å². The Labute approximate surface area is 503 Å². The SMILES string of the molecule is CNC[C@H]1[C@@H](O)[C@@H](O)C[C@]2(C)[C@@H]3C(=CC(=O)[C@H]12)[C@]1(O)[C@@H]2C[C@H]([C@@H]4C[C@H]5CCCC6=C5[C@H](C(=C5CCCC7(CCCC7)[C@H]65)C(C)(C)C[C@@H](n5ccnc5)CSS[C@]25CCC[C@@]52CCC5(CCCC5)C2)[C@H]4O)[C@@]1(CO)C[C@H]3CN=C(N)N[C@@H](C)O. The summed E-state index contributed by atoms with van der Waals surface area (Å²) in [5.41, 5.74) is 10.2. The predicted molar refractivity (Wildman–Crippen MR) is 328 cm³/mol. The first-order valence-electron chi connectivity index (χ1n) is 33.5. The van der Waals surface area contributed by atoms with Crippen molar-refractivity contribution in [2.75, 3.05) is 32.5 Å². The zero-order valence-electron chi connectivity index (χ0n) is 50.8. The Bertz CT molecular complexity index is 2810. The summed E-state index contributed by atoms with van der Waals surface area (Å²) >= 11 is 0. The normalized spacial score (nSPS) is 47.1. The highest BCUT2D eigenvalue weighted by Gasteiger charge is 2.80. The van der Waals surface area contributed by atoms with Crippen LogP contribution in [0.3, 0.4) is 0 Å². The molecule has 0 aromatic carbocycles. The first-order chi connectivity index (χ1) is 39.8. The van der Waals surface area contributed by atoms with Crippen LogP contribution >= 0.6 is 21.6 Å². The lowest BCUT2D eigenvalue weighted by Gasteiger charge is -2.66. The van der Waals surface area contributed by atoms with E-state index in [0.717, 1.165) is 76.4 Å². The fourth-order valence-corrected chi connectivity index (χ4v) is 29.4. The average molecular weight is 1180 g/mol. The number of hydrogen-bond donors (Lipinski definition) is 9. The molecule has 1 saturated heterocycles. The van der Waals surface area contributed by atoms with Crippen LogP contribution in [0.1, 0.15) is 194 Å². The molecule has 4 spiro atoms. The van der Waals surface area contributed by atoms with Crippen LogP contribution in [-0.4, -0.2) is 119 Å². The number of ketones is 1. The summed E-state index contributed by atoms with van der Waals surface area (Å²) in [5, 5.41) is 84.6. The quantitative estimate of drug-likeness (QED) is 0.0409. The molecule has 20 atom stereocenters. The van der Waals surface area contributed by atoms with Crippen molar-refractivity contribution in [3.63, 3.8) is 0 Å². The van der Waals surface area contributed by atoms with Crippen LogP contribution < -0.4 is 16.4 Å². The van der Waals surface area contributed by atoms with Crippen molar-refractivity contribution < 1.29 is 35.4 Å². The standard InChI is InChI=1S/C68H102N6O7S2/c1-39(76)73-60(69)72-33-41-30-66(37-75)47-29-51(68(66,81)48-28-49(77)56-46(34-70-5)58(79)50(78)32-62(56,4)54(41)48)67(22-12-21-65(67)24-23-63(36-65)16-6-7-17-63)83-82-35-42(74-26-25-71-38-74)31-61(2,3)57-44-15-11-20-64(18-8-9-19-64)55(44)43-14-10-13-40-27-45(47)59(80)53(57)52(40)43/h25-26,28,38-42,45-47,50-51,53-56,58-59,70,75-76,78-81H,6-24,27,29-37H2,1-5H3,(H3,69,72,73)/t39-,40-,41+,42-,45+,46-,47-,50+,51-,53-,54+,55-,56+,58-,59+,62-,65+,66+,67-,68+/m1/s1. The third-order valence-corrected chi connectivity index (χ3v) is 31.1. The van der Waals surface area contributed by atoms with Crippen LogP contribution in [0.25, 0.3) is 0 Å². The highest BCUT2D eigenvalue weighted by molar-refractivity contribution is 8.77. The van der Waals surface area contributed by atoms with E-state index in [0.29, 0.717) is 30.9 Å². The van der Waals surface area contributed by atoms with E-state index < -0.39 is 63.5 Å². The number of aliphatic imine (C=N–C) groups is 1. The summed E-state index contributed by atoms with van der Waals surface area (Å²) in [6, 6.07) is 0.123. The average Bonchev–Trinajstić information content (AvgIpc) is 1.60. The highest BCUT2D eigenvalue weighted by Crippen LogP contribution is 2.81. The number of aromatic nitrogens is 2. The smallest absolute Gasteiger partial charge is 0.190 e. The molecule has 0 unspecified atom stereocenters. The third-order valence-electron chi connectivity index (χ3n) is 27.6. The first kappa shape index (κ1) is 58.5. The molecule has 15 heteroatoms. The number of fused-ring (bicyclic) bond motifs is 16. The topological polar surface area (TPSA) is 219 Å². The van der Waals surface area contributed by atoms with Crippen LogP contribution in [0.4, 0.5) is 0 Å². The minimum atomic E-state index is -1.69. The van der Waals surface area contributed by atoms with Gasteiger partial charge in [-0.1, -0.05) is 96.8 Å². The minimum Gasteiger partial charge on any atom is -0.396 e. The first-order valence-corrected chi connectivity index (χ1v) is 35.8. The number of carbonyl (C=O) groups excluding carboxylic acids is 1. The zero-order valence-corrected chi connectivity index (χ0v) is 52.4. The monoisotopic (exact) mass is 1180 g/mol. The number of guanidine groups is 1. The molecule has 12 aliphatic carbocycles. The van der Waals surface area contributed by atoms with Gasteiger partial charge in [-0.15, -0.1) is 0 Å². The fourth-order valence-electron chi connectivity index (χ4n) is 25.2. The van der Waals surface area contributed by atoms with Crippen LogP contribution in [0.15, 0.2) is 57.7 Å². The predicted octanol–water partition coefficient (Wildman–Crippen LogP) is 9.97. The number of nitrogens with two attached hydrogens (primary N) is 1. The summed E-state index contributed by atoms with van der Waals surface area (Å²) in [6.07, 6.45) is 30.8. The molecule has 2 heterocycles. The molecule has 14 rings (SSSR count). The molecular weight excluding hydrogens is 1080 g/mol. The molecular formula is C68H102N6O7S2. The van der Waals surface area contributed by atoms with Gasteiger partial charge in [-0.2, -0.15) is 0 Å². The van der Waals surface area contributed by atoms with Gasteiger partial charge in [-0.25, -0.2) is 4.98 Å². The molecule has 0 amide bonds. The third kappa shape index (κ3) is 8.40. The lowest BCUT2D eigenvalue weighted by molar-refractivity contribution is -0.198. The van der Waals surface area contributed by atoms with Gasteiger partial charge in [0.2, 0.25) is 0 Å². The van der Waals surface area contributed by atoms with Gasteiger partial charge in [0.15, 0.2) is 11.7 Å². The van der Waals surface area contributed by atoms with Crippen LogP contribution in [0.2, 0.25) is 0 Å². The molecule has 1 aromatic heterocycles. The zero-order chi connectivity index (χ0) is 57.9. The van der Waals surface area contributed by atoms with E-state index >= 15 is 9.90 Å². The molecule has 13 nitrogen and oxygen atoms in total. The van der Waals surface area contributed by atoms with Crippen molar-refractivity contribution >= 4 is 33.3 Å². The molecule has 10 fully saturated rings. The van der Waals surface area contributed by atoms with E-state index in [1.807, 2.05) is 36.4 Å². The maximum atomic E-state index is 15.9. The van der Waals surface area contributed by atoms with E-state index in [9.17, 15) is 25.5 Å². The van der Waals surface area contributed by atoms with Gasteiger partial charge in [0.1, 0.15) is 6.23 Å². The van der Waals surface area contributed by atoms with Gasteiger partial charge < -0.3 is 51.6 Å². The minimum absolute atomic E-state index is 0.0920. The highest BCUT2D eigenvalue weighted by atomic mass is 33.1. The molecule has 4 bridgehead atoms. The van der Waals surface area contributed by atoms with Crippen LogP contribution in [-0.2, 0) is 4.79 Å². The second-order valence-corrected chi connectivity index (χ2v) is 34.4. The second kappa shape index (κ2) is 20.9. The second-order valence-electron chi connectivity index (χ2n) is 31.7. The number of carbonyl (C=O) groups is 1. The lowest BCUT2D eigenvalue weighted by Crippen LogP contribution is -2.70. The van der Waals surface area contributed by atoms with E-state index in [4.69, 9.17) is 15.7 Å². The molecule has 458 valence electrons. The number of allylic oxidation sites excluding steroid dienone is 3. The lowest BCUT2D eigenvalue weighted by atomic mass is 9.40. The van der Waals surface area contributed by atoms with Crippen molar-refractivity contribution in [3.8, 4) is 0 Å². The molecule has 9 saturated carbocycles. The molecule has 1 aliphatic heterocycles. The Kier molecular flexibility index (Phi) is 14.8. The number of imidazole rings is 1. The molecule has 13 aliphatic rings. The largest absolute Gasteiger partial charge is 0.396 e. The van der Waals surface area contributed by atoms with Crippen molar-refractivity contribution in [1.82, 2.24) is 20.2 Å². The summed E-state index contributed by atoms with van der Waals surface area (Å²) in [5.74, 6) is -1.56. The van der Waals surface area contributed by atoms with Gasteiger partial charge in [-0.3, -0.25) is 9.79 Å². The van der Waals surface area contributed by atoms with Crippen molar-refractivity contribution in [3.05, 3.63) is 52.7 Å². The maximum absolute atomic E-state index is 15.9. The van der Waals surface area contributed by atoms with E-state index in [1.165, 1.54) is 76.2 Å². The number of nitrogens with zero attached hydrogens (tertiary/aromatic N) is 3. The van der Waals surface area contributed by atoms with Gasteiger partial charge in [-0.05, 0) is 211 Å². The Balaban J connectivity index is 1.02. The van der Waals surface area contributed by atoms with E-state index in [2.05, 4.69) is 53.0 Å². The fraction of sp³-hybridized carbons (Fsp3) is 0.838. The molecule has 0 radical (unpaired) electrons. The van der Waals surface area contributed by atoms with Gasteiger partial charge >= 0.3 is 0 Å². The van der Waals surface area contributed by atoms with E-state index in [-0.39, 0.29) is 94.5 Å². The number of nitrogens with one attached hydrogen (secondary N) is 2. The number of aliphatic hydroxyl groups is 6. The number of aliphatic hydroxyl groups excluding tert-OH is 5. The molecule has 10 N–H and O–H groups in total. The summed E-state index contributed by atoms with van der Waals surface area (Å²) in [4.78, 5) is 25.7. The number of rotatable bonds is 7. The Morgan fingerprint density at radius 2 is 1.66 bits per heavy atom. The van der Waals surface area contributed by atoms with Gasteiger partial charge in [0.05, 0.1) is 36.8 Å². The molecule has 83 heavy (non-hydrogen) atoms. The van der Waals surface area contributed by atoms with Crippen molar-refractivity contribution in [1.29, 1.82) is 0 Å². The Hall–Kier alpha value is -2.21. The van der Waals surface area contributed by atoms with Crippen molar-refractivity contribution in [2.24, 2.45) is 102 Å². The molecule has 1 aromatic rings. The summed E-state index contributed by atoms with van der Waals surface area (Å²) in [6.45, 7) is 9.07. The van der Waals surface area contributed by atoms with Crippen LogP contribution in [0, 0.1) is 91.7 Å². The van der Waals surface area contributed by atoms with E-state index in [1.54, 1.807) is 23.6 Å². The van der Waals surface area contributed by atoms with Crippen molar-refractivity contribution in [2.45, 2.75) is 229 Å².